The quantitative estimate of drug-likeness (QED) is 0.915. The third kappa shape index (κ3) is 2.76. The Labute approximate surface area is 110 Å². The van der Waals surface area contributed by atoms with Crippen LogP contribution in [0.3, 0.4) is 0 Å². The second-order valence-electron chi connectivity index (χ2n) is 4.48. The number of nitrogens with zero attached hydrogens (tertiary/aromatic N) is 1. The van der Waals surface area contributed by atoms with Crippen LogP contribution in [0.4, 0.5) is 0 Å². The first kappa shape index (κ1) is 13.1. The summed E-state index contributed by atoms with van der Waals surface area (Å²) in [5, 5.41) is 12.7. The van der Waals surface area contributed by atoms with Crippen molar-refractivity contribution in [3.8, 4) is 17.0 Å². The minimum atomic E-state index is -1.11. The molecule has 1 aromatic heterocycles. The number of carbonyl (C=O) groups is 1. The lowest BCUT2D eigenvalue weighted by atomic mass is 10.1. The highest BCUT2D eigenvalue weighted by Gasteiger charge is 2.18. The molecule has 0 saturated heterocycles. The summed E-state index contributed by atoms with van der Waals surface area (Å²) in [5.41, 5.74) is 1.85. The second kappa shape index (κ2) is 5.14. The molecular weight excluding hydrogens is 246 g/mol. The third-order valence-electron chi connectivity index (χ3n) is 2.62. The monoisotopic (exact) mass is 261 g/mol. The highest BCUT2D eigenvalue weighted by molar-refractivity contribution is 5.88. The molecule has 0 radical (unpaired) electrons. The zero-order chi connectivity index (χ0) is 14.0. The van der Waals surface area contributed by atoms with Crippen molar-refractivity contribution >= 4 is 5.97 Å². The molecule has 0 atom stereocenters. The number of ether oxygens (including phenoxy) is 1. The van der Waals surface area contributed by atoms with E-state index in [4.69, 9.17) is 14.4 Å². The molecule has 1 aromatic carbocycles. The Hall–Kier alpha value is -2.30. The molecule has 19 heavy (non-hydrogen) atoms. The number of carboxylic acids is 1. The van der Waals surface area contributed by atoms with Gasteiger partial charge in [-0.2, -0.15) is 0 Å². The van der Waals surface area contributed by atoms with Crippen LogP contribution < -0.4 is 4.74 Å². The van der Waals surface area contributed by atoms with E-state index in [9.17, 15) is 4.79 Å². The summed E-state index contributed by atoms with van der Waals surface area (Å²) in [4.78, 5) is 10.9. The summed E-state index contributed by atoms with van der Waals surface area (Å²) < 4.78 is 10.4. The van der Waals surface area contributed by atoms with E-state index in [2.05, 4.69) is 5.16 Å². The van der Waals surface area contributed by atoms with Gasteiger partial charge in [0.15, 0.2) is 0 Å². The highest BCUT2D eigenvalue weighted by Crippen LogP contribution is 2.26. The predicted octanol–water partition coefficient (Wildman–Crippen LogP) is 3.14. The SMILES string of the molecule is Cc1c(-c2ccc(OC(C)C)cc2)noc1C(=O)O. The molecule has 0 fully saturated rings. The Balaban J connectivity index is 2.30. The van der Waals surface area contributed by atoms with Crippen LogP contribution in [-0.2, 0) is 0 Å². The number of aromatic carboxylic acids is 1. The molecule has 2 aromatic rings. The number of aromatic nitrogens is 1. The maximum absolute atomic E-state index is 10.9. The first-order valence-corrected chi connectivity index (χ1v) is 5.95. The zero-order valence-electron chi connectivity index (χ0n) is 11.0. The van der Waals surface area contributed by atoms with Crippen molar-refractivity contribution in [3.05, 3.63) is 35.6 Å². The topological polar surface area (TPSA) is 72.6 Å². The Kier molecular flexibility index (Phi) is 3.55. The molecule has 0 aliphatic rings. The van der Waals surface area contributed by atoms with Crippen LogP contribution in [0.2, 0.25) is 0 Å². The molecule has 2 rings (SSSR count). The van der Waals surface area contributed by atoms with Crippen LogP contribution in [0.15, 0.2) is 28.8 Å². The van der Waals surface area contributed by atoms with Gasteiger partial charge in [0.2, 0.25) is 5.76 Å². The van der Waals surface area contributed by atoms with Gasteiger partial charge in [-0.15, -0.1) is 0 Å². The third-order valence-corrected chi connectivity index (χ3v) is 2.62. The van der Waals surface area contributed by atoms with Crippen molar-refractivity contribution in [1.29, 1.82) is 0 Å². The lowest BCUT2D eigenvalue weighted by molar-refractivity contribution is 0.0651. The van der Waals surface area contributed by atoms with E-state index in [-0.39, 0.29) is 11.9 Å². The summed E-state index contributed by atoms with van der Waals surface area (Å²) in [6.07, 6.45) is 0.109. The van der Waals surface area contributed by atoms with Crippen molar-refractivity contribution in [2.24, 2.45) is 0 Å². The number of benzene rings is 1. The maximum Gasteiger partial charge on any atom is 0.375 e. The van der Waals surface area contributed by atoms with Gasteiger partial charge in [-0.25, -0.2) is 4.79 Å². The van der Waals surface area contributed by atoms with Gasteiger partial charge < -0.3 is 14.4 Å². The minimum absolute atomic E-state index is 0.109. The fourth-order valence-electron chi connectivity index (χ4n) is 1.77. The summed E-state index contributed by atoms with van der Waals surface area (Å²) in [7, 11) is 0. The Morgan fingerprint density at radius 2 is 1.95 bits per heavy atom. The average Bonchev–Trinajstić information content (AvgIpc) is 2.71. The maximum atomic E-state index is 10.9. The molecule has 1 N–H and O–H groups in total. The number of carboxylic acid groups (broad SMARTS) is 1. The largest absolute Gasteiger partial charge is 0.491 e. The number of hydrogen-bond donors (Lipinski definition) is 1. The molecule has 0 amide bonds. The van der Waals surface area contributed by atoms with Crippen LogP contribution in [0.5, 0.6) is 5.75 Å². The first-order valence-electron chi connectivity index (χ1n) is 5.95. The van der Waals surface area contributed by atoms with Gasteiger partial charge in [-0.1, -0.05) is 5.16 Å². The molecule has 0 saturated carbocycles. The lowest BCUT2D eigenvalue weighted by Crippen LogP contribution is -2.05. The van der Waals surface area contributed by atoms with Crippen LogP contribution in [-0.4, -0.2) is 22.3 Å². The van der Waals surface area contributed by atoms with Crippen LogP contribution >= 0.6 is 0 Å². The highest BCUT2D eigenvalue weighted by atomic mass is 16.5. The van der Waals surface area contributed by atoms with E-state index in [1.54, 1.807) is 6.92 Å². The van der Waals surface area contributed by atoms with Gasteiger partial charge in [-0.3, -0.25) is 0 Å². The Morgan fingerprint density at radius 3 is 2.42 bits per heavy atom. The summed E-state index contributed by atoms with van der Waals surface area (Å²) in [6.45, 7) is 5.58. The first-order chi connectivity index (χ1) is 8.99. The normalized spacial score (nSPS) is 10.7. The fourth-order valence-corrected chi connectivity index (χ4v) is 1.77. The zero-order valence-corrected chi connectivity index (χ0v) is 11.0. The van der Waals surface area contributed by atoms with E-state index in [0.29, 0.717) is 11.3 Å². The van der Waals surface area contributed by atoms with Gasteiger partial charge in [-0.05, 0) is 45.0 Å². The molecule has 0 unspecified atom stereocenters. The van der Waals surface area contributed by atoms with E-state index < -0.39 is 5.97 Å². The van der Waals surface area contributed by atoms with Crippen molar-refractivity contribution in [2.45, 2.75) is 26.9 Å². The summed E-state index contributed by atoms with van der Waals surface area (Å²) >= 11 is 0. The van der Waals surface area contributed by atoms with Gasteiger partial charge in [0, 0.05) is 11.1 Å². The van der Waals surface area contributed by atoms with Gasteiger partial charge >= 0.3 is 5.97 Å². The summed E-state index contributed by atoms with van der Waals surface area (Å²) in [6, 6.07) is 7.30. The van der Waals surface area contributed by atoms with Crippen molar-refractivity contribution in [3.63, 3.8) is 0 Å². The van der Waals surface area contributed by atoms with E-state index in [1.807, 2.05) is 38.1 Å². The van der Waals surface area contributed by atoms with E-state index in [1.165, 1.54) is 0 Å². The molecule has 1 heterocycles. The molecular formula is C14H15NO4. The van der Waals surface area contributed by atoms with Crippen LogP contribution in [0.25, 0.3) is 11.3 Å². The minimum Gasteiger partial charge on any atom is -0.491 e. The van der Waals surface area contributed by atoms with Crippen molar-refractivity contribution < 1.29 is 19.2 Å². The van der Waals surface area contributed by atoms with E-state index >= 15 is 0 Å². The van der Waals surface area contributed by atoms with Crippen molar-refractivity contribution in [2.75, 3.05) is 0 Å². The molecule has 0 spiro atoms. The Bertz CT molecular complexity index is 584. The molecule has 0 bridgehead atoms. The van der Waals surface area contributed by atoms with Crippen molar-refractivity contribution in [1.82, 2.24) is 5.16 Å². The fraction of sp³-hybridized carbons (Fsp3) is 0.286. The van der Waals surface area contributed by atoms with Gasteiger partial charge in [0.05, 0.1) is 6.10 Å². The molecule has 0 aliphatic carbocycles. The van der Waals surface area contributed by atoms with Crippen LogP contribution in [0.1, 0.15) is 30.0 Å². The number of hydrogen-bond acceptors (Lipinski definition) is 4. The van der Waals surface area contributed by atoms with Gasteiger partial charge in [0.25, 0.3) is 0 Å². The number of rotatable bonds is 4. The standard InChI is InChI=1S/C14H15NO4/c1-8(2)18-11-6-4-10(5-7-11)12-9(3)13(14(16)17)19-15-12/h4-8H,1-3H3,(H,16,17). The predicted molar refractivity (Wildman–Crippen MR) is 69.4 cm³/mol. The Morgan fingerprint density at radius 1 is 1.32 bits per heavy atom. The smallest absolute Gasteiger partial charge is 0.375 e. The molecule has 5 nitrogen and oxygen atoms in total. The second-order valence-corrected chi connectivity index (χ2v) is 4.48. The van der Waals surface area contributed by atoms with Gasteiger partial charge in [0.1, 0.15) is 11.4 Å². The molecule has 0 aliphatic heterocycles. The van der Waals surface area contributed by atoms with Crippen LogP contribution in [0, 0.1) is 6.92 Å². The molecule has 100 valence electrons. The molecule has 5 heteroatoms. The summed E-state index contributed by atoms with van der Waals surface area (Å²) in [5.74, 6) is -0.480. The average molecular weight is 261 g/mol. The lowest BCUT2D eigenvalue weighted by Gasteiger charge is -2.09. The van der Waals surface area contributed by atoms with E-state index in [0.717, 1.165) is 11.3 Å².